The summed E-state index contributed by atoms with van der Waals surface area (Å²) in [5.41, 5.74) is 2.60. The molecule has 0 saturated heterocycles. The number of hydrogen-bond acceptors (Lipinski definition) is 3. The van der Waals surface area contributed by atoms with Gasteiger partial charge in [0.05, 0.1) is 22.8 Å². The van der Waals surface area contributed by atoms with E-state index in [0.717, 1.165) is 24.8 Å². The van der Waals surface area contributed by atoms with Gasteiger partial charge in [0.15, 0.2) is 6.10 Å². The van der Waals surface area contributed by atoms with Crippen LogP contribution in [0.25, 0.3) is 33.1 Å². The maximum absolute atomic E-state index is 13.5. The number of aryl methyl sites for hydroxylation is 1. The Balaban J connectivity index is 1.86. The number of fused-ring (bicyclic) bond motifs is 3. The smallest absolute Gasteiger partial charge is 0.416 e. The lowest BCUT2D eigenvalue weighted by Gasteiger charge is -2.19. The molecule has 0 amide bonds. The molecule has 3 N–H and O–H groups in total. The van der Waals surface area contributed by atoms with E-state index in [4.69, 9.17) is 16.7 Å². The molecule has 38 heavy (non-hydrogen) atoms. The van der Waals surface area contributed by atoms with E-state index in [0.29, 0.717) is 52.3 Å². The number of aliphatic hydroxyl groups is 1. The molecular formula is C28H28ClF3N2O4. The van der Waals surface area contributed by atoms with Crippen LogP contribution in [0.2, 0.25) is 5.02 Å². The number of alkyl halides is 3. The minimum atomic E-state index is -4.81. The van der Waals surface area contributed by atoms with Gasteiger partial charge in [-0.15, -0.1) is 0 Å². The first-order valence-corrected chi connectivity index (χ1v) is 12.8. The molecule has 10 heteroatoms. The highest BCUT2D eigenvalue weighted by Crippen LogP contribution is 2.41. The van der Waals surface area contributed by atoms with Crippen LogP contribution < -0.4 is 5.56 Å². The lowest BCUT2D eigenvalue weighted by atomic mass is 9.97. The molecule has 0 aliphatic heterocycles. The van der Waals surface area contributed by atoms with E-state index < -0.39 is 24.8 Å². The number of aliphatic hydroxyl groups excluding tert-OH is 1. The van der Waals surface area contributed by atoms with Crippen LogP contribution in [0.3, 0.4) is 0 Å². The standard InChI is InChI=1S/C28H28ClF3N2O4/c29-19-15-23(36)33-20-13-14-21-25(26(19)20)18(11-7-2-1-3-8-12-24(37)38)27(17-9-5-4-6-10-17)34(21)16-22(35)28(30,31)32/h4-6,9-10,13-15,22,35H,1-3,7-8,11-12,16H2,(H,33,36)(H,37,38). The van der Waals surface area contributed by atoms with Gasteiger partial charge >= 0.3 is 12.1 Å². The number of aromatic amines is 1. The predicted octanol–water partition coefficient (Wildman–Crippen LogP) is 6.69. The van der Waals surface area contributed by atoms with E-state index in [-0.39, 0.29) is 17.0 Å². The van der Waals surface area contributed by atoms with Crippen LogP contribution in [-0.4, -0.2) is 38.0 Å². The molecule has 1 atom stereocenters. The lowest BCUT2D eigenvalue weighted by Crippen LogP contribution is -2.33. The highest BCUT2D eigenvalue weighted by atomic mass is 35.5. The Bertz CT molecular complexity index is 1500. The average Bonchev–Trinajstić information content (AvgIpc) is 3.15. The second-order valence-electron chi connectivity index (χ2n) is 9.39. The molecule has 2 aromatic carbocycles. The Morgan fingerprint density at radius 3 is 2.37 bits per heavy atom. The number of aromatic nitrogens is 2. The summed E-state index contributed by atoms with van der Waals surface area (Å²) in [4.78, 5) is 25.6. The molecule has 1 unspecified atom stereocenters. The van der Waals surface area contributed by atoms with Gasteiger partial charge in [-0.3, -0.25) is 9.59 Å². The van der Waals surface area contributed by atoms with E-state index in [1.54, 1.807) is 24.3 Å². The Hall–Kier alpha value is -3.30. The number of halogens is 4. The van der Waals surface area contributed by atoms with E-state index >= 15 is 0 Å². The van der Waals surface area contributed by atoms with Gasteiger partial charge in [-0.25, -0.2) is 0 Å². The first kappa shape index (κ1) is 27.7. The molecule has 0 radical (unpaired) electrons. The quantitative estimate of drug-likeness (QED) is 0.182. The van der Waals surface area contributed by atoms with Crippen molar-refractivity contribution in [3.05, 3.63) is 69.5 Å². The van der Waals surface area contributed by atoms with Crippen molar-refractivity contribution in [3.8, 4) is 11.3 Å². The van der Waals surface area contributed by atoms with Gasteiger partial charge in [0.25, 0.3) is 0 Å². The normalized spacial score (nSPS) is 12.9. The number of rotatable bonds is 11. The fourth-order valence-corrected chi connectivity index (χ4v) is 5.27. The molecule has 0 saturated carbocycles. The summed E-state index contributed by atoms with van der Waals surface area (Å²) in [5, 5.41) is 20.3. The fraction of sp³-hybridized carbons (Fsp3) is 0.357. The number of carboxylic acid groups (broad SMARTS) is 1. The van der Waals surface area contributed by atoms with Crippen molar-refractivity contribution >= 4 is 39.4 Å². The van der Waals surface area contributed by atoms with Crippen LogP contribution in [0.4, 0.5) is 13.2 Å². The zero-order valence-corrected chi connectivity index (χ0v) is 21.3. The molecule has 0 aliphatic rings. The topological polar surface area (TPSA) is 95.3 Å². The Morgan fingerprint density at radius 2 is 1.68 bits per heavy atom. The van der Waals surface area contributed by atoms with Crippen LogP contribution >= 0.6 is 11.6 Å². The first-order valence-electron chi connectivity index (χ1n) is 12.5. The molecule has 2 aromatic heterocycles. The number of unbranched alkanes of at least 4 members (excludes halogenated alkanes) is 4. The molecule has 6 nitrogen and oxygen atoms in total. The van der Waals surface area contributed by atoms with Crippen LogP contribution in [0.5, 0.6) is 0 Å². The van der Waals surface area contributed by atoms with Crippen molar-refractivity contribution in [2.45, 2.75) is 63.8 Å². The number of nitrogens with zero attached hydrogens (tertiary/aromatic N) is 1. The summed E-state index contributed by atoms with van der Waals surface area (Å²) < 4.78 is 41.9. The Labute approximate surface area is 221 Å². The van der Waals surface area contributed by atoms with Crippen LogP contribution in [-0.2, 0) is 17.8 Å². The molecule has 0 aliphatic carbocycles. The number of carbonyl (C=O) groups is 1. The van der Waals surface area contributed by atoms with Crippen LogP contribution in [0.1, 0.15) is 44.1 Å². The Kier molecular flexibility index (Phi) is 8.47. The molecule has 0 spiro atoms. The zero-order valence-electron chi connectivity index (χ0n) is 20.5. The van der Waals surface area contributed by atoms with Crippen molar-refractivity contribution in [1.82, 2.24) is 9.55 Å². The number of hydrogen-bond donors (Lipinski definition) is 3. The summed E-state index contributed by atoms with van der Waals surface area (Å²) in [5.74, 6) is -0.826. The lowest BCUT2D eigenvalue weighted by molar-refractivity contribution is -0.207. The third kappa shape index (κ3) is 6.05. The number of benzene rings is 2. The van der Waals surface area contributed by atoms with Crippen molar-refractivity contribution < 1.29 is 28.2 Å². The second kappa shape index (κ2) is 11.6. The van der Waals surface area contributed by atoms with Gasteiger partial charge in [0.1, 0.15) is 0 Å². The van der Waals surface area contributed by atoms with E-state index in [1.807, 2.05) is 18.2 Å². The molecule has 0 fully saturated rings. The number of pyridine rings is 1. The van der Waals surface area contributed by atoms with Crippen molar-refractivity contribution in [1.29, 1.82) is 0 Å². The minimum Gasteiger partial charge on any atom is -0.481 e. The minimum absolute atomic E-state index is 0.121. The highest BCUT2D eigenvalue weighted by molar-refractivity contribution is 6.37. The molecule has 0 bridgehead atoms. The van der Waals surface area contributed by atoms with Crippen molar-refractivity contribution in [3.63, 3.8) is 0 Å². The van der Waals surface area contributed by atoms with Gasteiger partial charge in [-0.1, -0.05) is 61.2 Å². The SMILES string of the molecule is O=C(O)CCCCCCCc1c(-c2ccccc2)n(CC(O)C(F)(F)F)c2ccc3[nH]c(=O)cc(Cl)c3c12. The number of carboxylic acids is 1. The summed E-state index contributed by atoms with van der Waals surface area (Å²) in [7, 11) is 0. The average molecular weight is 549 g/mol. The zero-order chi connectivity index (χ0) is 27.4. The van der Waals surface area contributed by atoms with Crippen LogP contribution in [0, 0.1) is 0 Å². The van der Waals surface area contributed by atoms with Gasteiger partial charge in [-0.05, 0) is 42.5 Å². The maximum atomic E-state index is 13.5. The van der Waals surface area contributed by atoms with Crippen molar-refractivity contribution in [2.24, 2.45) is 0 Å². The van der Waals surface area contributed by atoms with Gasteiger partial charge in [0.2, 0.25) is 5.56 Å². The second-order valence-corrected chi connectivity index (χ2v) is 9.79. The fourth-order valence-electron chi connectivity index (χ4n) is 4.98. The van der Waals surface area contributed by atoms with Crippen molar-refractivity contribution in [2.75, 3.05) is 0 Å². The highest BCUT2D eigenvalue weighted by Gasteiger charge is 2.39. The monoisotopic (exact) mass is 548 g/mol. The maximum Gasteiger partial charge on any atom is 0.416 e. The number of nitrogens with one attached hydrogen (secondary N) is 1. The molecule has 2 heterocycles. The predicted molar refractivity (Wildman–Crippen MR) is 142 cm³/mol. The van der Waals surface area contributed by atoms with Gasteiger partial charge in [-0.2, -0.15) is 13.2 Å². The van der Waals surface area contributed by atoms with E-state index in [2.05, 4.69) is 4.98 Å². The number of aliphatic carboxylic acids is 1. The summed E-state index contributed by atoms with van der Waals surface area (Å²) in [6, 6.07) is 13.5. The summed E-state index contributed by atoms with van der Waals surface area (Å²) in [6.45, 7) is -0.702. The molecule has 4 aromatic rings. The van der Waals surface area contributed by atoms with Gasteiger partial charge < -0.3 is 19.8 Å². The number of H-pyrrole nitrogens is 1. The molecule has 4 rings (SSSR count). The van der Waals surface area contributed by atoms with Crippen LogP contribution in [0.15, 0.2) is 53.3 Å². The van der Waals surface area contributed by atoms with Gasteiger partial charge in [0, 0.05) is 28.8 Å². The van der Waals surface area contributed by atoms with E-state index in [1.165, 1.54) is 10.6 Å². The Morgan fingerprint density at radius 1 is 1.00 bits per heavy atom. The largest absolute Gasteiger partial charge is 0.481 e. The third-order valence-electron chi connectivity index (χ3n) is 6.68. The molecular weight excluding hydrogens is 521 g/mol. The van der Waals surface area contributed by atoms with E-state index in [9.17, 15) is 27.9 Å². The molecule has 202 valence electrons. The first-order chi connectivity index (χ1) is 18.1. The summed E-state index contributed by atoms with van der Waals surface area (Å²) >= 11 is 6.54. The third-order valence-corrected chi connectivity index (χ3v) is 6.98. The summed E-state index contributed by atoms with van der Waals surface area (Å²) in [6.07, 6.45) is -3.04.